The van der Waals surface area contributed by atoms with Gasteiger partial charge >= 0.3 is 6.18 Å². The summed E-state index contributed by atoms with van der Waals surface area (Å²) in [5, 5.41) is 12.7. The van der Waals surface area contributed by atoms with Crippen molar-refractivity contribution < 1.29 is 23.0 Å². The zero-order valence-corrected chi connectivity index (χ0v) is 11.0. The first-order valence-corrected chi connectivity index (χ1v) is 5.72. The SMILES string of the molecule is CC(Nc1ccc(OCC(F)(F)F)nc1)C(C)(C)O. The average molecular weight is 278 g/mol. The average Bonchev–Trinajstić information content (AvgIpc) is 2.26. The van der Waals surface area contributed by atoms with Gasteiger partial charge in [-0.1, -0.05) is 0 Å². The van der Waals surface area contributed by atoms with Gasteiger partial charge in [0.15, 0.2) is 6.61 Å². The first-order chi connectivity index (χ1) is 8.58. The summed E-state index contributed by atoms with van der Waals surface area (Å²) in [6.45, 7) is 3.72. The fraction of sp³-hybridized carbons (Fsp3) is 0.583. The number of rotatable bonds is 5. The highest BCUT2D eigenvalue weighted by molar-refractivity contribution is 5.43. The van der Waals surface area contributed by atoms with E-state index in [9.17, 15) is 18.3 Å². The van der Waals surface area contributed by atoms with E-state index in [1.54, 1.807) is 26.8 Å². The Morgan fingerprint density at radius 2 is 2.00 bits per heavy atom. The van der Waals surface area contributed by atoms with Crippen LogP contribution in [0.3, 0.4) is 0 Å². The van der Waals surface area contributed by atoms with E-state index in [1.807, 2.05) is 0 Å². The van der Waals surface area contributed by atoms with Gasteiger partial charge in [0.2, 0.25) is 5.88 Å². The van der Waals surface area contributed by atoms with Gasteiger partial charge < -0.3 is 15.2 Å². The van der Waals surface area contributed by atoms with Gasteiger partial charge in [-0.15, -0.1) is 0 Å². The summed E-state index contributed by atoms with van der Waals surface area (Å²) in [4.78, 5) is 3.75. The maximum absolute atomic E-state index is 11.9. The van der Waals surface area contributed by atoms with E-state index < -0.39 is 18.4 Å². The molecule has 108 valence electrons. The minimum absolute atomic E-state index is 0.0983. The van der Waals surface area contributed by atoms with E-state index in [0.29, 0.717) is 5.69 Å². The number of aromatic nitrogens is 1. The van der Waals surface area contributed by atoms with Gasteiger partial charge in [0.05, 0.1) is 23.5 Å². The number of pyridine rings is 1. The van der Waals surface area contributed by atoms with Gasteiger partial charge in [0, 0.05) is 6.07 Å². The summed E-state index contributed by atoms with van der Waals surface area (Å²) in [5.74, 6) is -0.0983. The van der Waals surface area contributed by atoms with E-state index in [2.05, 4.69) is 15.0 Å². The first-order valence-electron chi connectivity index (χ1n) is 5.72. The van der Waals surface area contributed by atoms with Gasteiger partial charge in [-0.05, 0) is 26.8 Å². The molecule has 0 aliphatic rings. The minimum atomic E-state index is -4.38. The molecular weight excluding hydrogens is 261 g/mol. The fourth-order valence-electron chi connectivity index (χ4n) is 1.13. The normalized spacial score (nSPS) is 14.1. The van der Waals surface area contributed by atoms with Crippen molar-refractivity contribution in [3.05, 3.63) is 18.3 Å². The third-order valence-corrected chi connectivity index (χ3v) is 2.56. The molecule has 1 heterocycles. The number of ether oxygens (including phenoxy) is 1. The number of aliphatic hydroxyl groups is 1. The fourth-order valence-corrected chi connectivity index (χ4v) is 1.13. The molecule has 19 heavy (non-hydrogen) atoms. The van der Waals surface area contributed by atoms with Crippen molar-refractivity contribution in [1.82, 2.24) is 4.98 Å². The highest BCUT2D eigenvalue weighted by Crippen LogP contribution is 2.19. The predicted octanol–water partition coefficient (Wildman–Crippen LogP) is 2.59. The second kappa shape index (κ2) is 5.64. The molecular formula is C12H17F3N2O2. The van der Waals surface area contributed by atoms with Crippen molar-refractivity contribution in [2.75, 3.05) is 11.9 Å². The lowest BCUT2D eigenvalue weighted by atomic mass is 10.0. The lowest BCUT2D eigenvalue weighted by Crippen LogP contribution is -2.39. The molecule has 0 aromatic carbocycles. The summed E-state index contributed by atoms with van der Waals surface area (Å²) in [5.41, 5.74) is -0.333. The Bertz CT molecular complexity index is 399. The number of anilines is 1. The molecule has 1 rings (SSSR count). The van der Waals surface area contributed by atoms with Crippen LogP contribution in [-0.4, -0.2) is 34.5 Å². The molecule has 7 heteroatoms. The quantitative estimate of drug-likeness (QED) is 0.869. The van der Waals surface area contributed by atoms with Gasteiger partial charge in [0.1, 0.15) is 0 Å². The highest BCUT2D eigenvalue weighted by Gasteiger charge is 2.28. The van der Waals surface area contributed by atoms with Crippen LogP contribution >= 0.6 is 0 Å². The molecule has 1 unspecified atom stereocenters. The Labute approximate surface area is 109 Å². The molecule has 0 amide bonds. The molecule has 0 radical (unpaired) electrons. The van der Waals surface area contributed by atoms with E-state index in [4.69, 9.17) is 0 Å². The van der Waals surface area contributed by atoms with Gasteiger partial charge in [-0.3, -0.25) is 0 Å². The summed E-state index contributed by atoms with van der Waals surface area (Å²) in [6.07, 6.45) is -3.03. The van der Waals surface area contributed by atoms with Crippen molar-refractivity contribution in [2.45, 2.75) is 38.6 Å². The molecule has 4 nitrogen and oxygen atoms in total. The van der Waals surface area contributed by atoms with E-state index >= 15 is 0 Å². The molecule has 1 aromatic heterocycles. The smallest absolute Gasteiger partial charge is 0.422 e. The molecule has 0 spiro atoms. The first kappa shape index (κ1) is 15.6. The molecule has 0 saturated heterocycles. The number of nitrogens with zero attached hydrogens (tertiary/aromatic N) is 1. The molecule has 1 aromatic rings. The Hall–Kier alpha value is -1.50. The van der Waals surface area contributed by atoms with Crippen molar-refractivity contribution in [2.24, 2.45) is 0 Å². The second-order valence-electron chi connectivity index (χ2n) is 4.81. The third kappa shape index (κ3) is 5.78. The van der Waals surface area contributed by atoms with Crippen LogP contribution in [0.25, 0.3) is 0 Å². The molecule has 0 bridgehead atoms. The van der Waals surface area contributed by atoms with Crippen molar-refractivity contribution >= 4 is 5.69 Å². The van der Waals surface area contributed by atoms with Crippen LogP contribution in [0.5, 0.6) is 5.88 Å². The third-order valence-electron chi connectivity index (χ3n) is 2.56. The largest absolute Gasteiger partial charge is 0.468 e. The van der Waals surface area contributed by atoms with E-state index in [-0.39, 0.29) is 11.9 Å². The number of halogens is 3. The topological polar surface area (TPSA) is 54.4 Å². The monoisotopic (exact) mass is 278 g/mol. The van der Waals surface area contributed by atoms with Crippen LogP contribution < -0.4 is 10.1 Å². The Kier molecular flexibility index (Phi) is 4.62. The summed E-state index contributed by atoms with van der Waals surface area (Å²) in [7, 11) is 0. The molecule has 0 saturated carbocycles. The Morgan fingerprint density at radius 1 is 1.37 bits per heavy atom. The highest BCUT2D eigenvalue weighted by atomic mass is 19.4. The summed E-state index contributed by atoms with van der Waals surface area (Å²) >= 11 is 0. The summed E-state index contributed by atoms with van der Waals surface area (Å²) in [6, 6.07) is 2.64. The van der Waals surface area contributed by atoms with Crippen molar-refractivity contribution in [3.63, 3.8) is 0 Å². The van der Waals surface area contributed by atoms with Crippen LogP contribution in [0.1, 0.15) is 20.8 Å². The Balaban J connectivity index is 2.57. The number of hydrogen-bond donors (Lipinski definition) is 2. The standard InChI is InChI=1S/C12H17F3N2O2/c1-8(11(2,3)18)17-9-4-5-10(16-6-9)19-7-12(13,14)15/h4-6,8,17-18H,7H2,1-3H3. The van der Waals surface area contributed by atoms with Crippen LogP contribution in [0.2, 0.25) is 0 Å². The van der Waals surface area contributed by atoms with E-state index in [1.165, 1.54) is 12.3 Å². The Morgan fingerprint density at radius 3 is 2.42 bits per heavy atom. The predicted molar refractivity (Wildman–Crippen MR) is 65.2 cm³/mol. The molecule has 0 fully saturated rings. The summed E-state index contributed by atoms with van der Waals surface area (Å²) < 4.78 is 40.3. The van der Waals surface area contributed by atoms with Crippen molar-refractivity contribution in [3.8, 4) is 5.88 Å². The maximum Gasteiger partial charge on any atom is 0.422 e. The molecule has 1 atom stereocenters. The maximum atomic E-state index is 11.9. The molecule has 0 aliphatic heterocycles. The zero-order chi connectivity index (χ0) is 14.7. The number of alkyl halides is 3. The van der Waals surface area contributed by atoms with E-state index in [0.717, 1.165) is 0 Å². The minimum Gasteiger partial charge on any atom is -0.468 e. The van der Waals surface area contributed by atoms with Gasteiger partial charge in [-0.2, -0.15) is 13.2 Å². The number of nitrogens with one attached hydrogen (secondary N) is 1. The van der Waals surface area contributed by atoms with Crippen LogP contribution in [0, 0.1) is 0 Å². The zero-order valence-electron chi connectivity index (χ0n) is 11.0. The van der Waals surface area contributed by atoms with Crippen LogP contribution in [-0.2, 0) is 0 Å². The van der Waals surface area contributed by atoms with Gasteiger partial charge in [0.25, 0.3) is 0 Å². The lowest BCUT2D eigenvalue weighted by Gasteiger charge is -2.27. The second-order valence-corrected chi connectivity index (χ2v) is 4.81. The molecule has 0 aliphatic carbocycles. The molecule has 2 N–H and O–H groups in total. The number of hydrogen-bond acceptors (Lipinski definition) is 4. The van der Waals surface area contributed by atoms with Crippen LogP contribution in [0.15, 0.2) is 18.3 Å². The van der Waals surface area contributed by atoms with Crippen molar-refractivity contribution in [1.29, 1.82) is 0 Å². The lowest BCUT2D eigenvalue weighted by molar-refractivity contribution is -0.154. The van der Waals surface area contributed by atoms with Crippen LogP contribution in [0.4, 0.5) is 18.9 Å². The van der Waals surface area contributed by atoms with Gasteiger partial charge in [-0.25, -0.2) is 4.98 Å².